The molecule has 0 heterocycles. The smallest absolute Gasteiger partial charge is 0.226 e. The van der Waals surface area contributed by atoms with Gasteiger partial charge in [0.05, 0.1) is 6.54 Å². The average molecular weight is 325 g/mol. The van der Waals surface area contributed by atoms with Gasteiger partial charge in [-0.2, -0.15) is 0 Å². The Morgan fingerprint density at radius 3 is 2.64 bits per heavy atom. The number of hydrogen-bond donors (Lipinski definition) is 2. The summed E-state index contributed by atoms with van der Waals surface area (Å²) < 4.78 is 5.63. The number of ether oxygens (including phenoxy) is 1. The second kappa shape index (κ2) is 6.47. The maximum Gasteiger partial charge on any atom is 0.226 e. The van der Waals surface area contributed by atoms with Crippen molar-refractivity contribution >= 4 is 17.5 Å². The normalized spacial score (nSPS) is 27.1. The number of amides is 1. The van der Waals surface area contributed by atoms with Gasteiger partial charge in [-0.05, 0) is 57.5 Å². The van der Waals surface area contributed by atoms with Crippen LogP contribution in [0.3, 0.4) is 0 Å². The molecule has 5 heteroatoms. The van der Waals surface area contributed by atoms with E-state index in [1.807, 2.05) is 39.1 Å². The van der Waals surface area contributed by atoms with Crippen LogP contribution in [0.2, 0.25) is 5.02 Å². The van der Waals surface area contributed by atoms with E-state index in [0.29, 0.717) is 13.2 Å². The Kier molecular flexibility index (Phi) is 5.03. The van der Waals surface area contributed by atoms with Crippen molar-refractivity contribution in [2.75, 3.05) is 20.2 Å². The molecule has 1 aromatic carbocycles. The van der Waals surface area contributed by atoms with Crippen molar-refractivity contribution in [2.24, 2.45) is 5.41 Å². The third kappa shape index (κ3) is 3.73. The third-order valence-corrected chi connectivity index (χ3v) is 4.92. The zero-order valence-electron chi connectivity index (χ0n) is 13.8. The molecule has 1 aliphatic carbocycles. The number of rotatable bonds is 6. The standard InChI is InChI=1S/C17H25ClN2O2/c1-12-9-13(5-6-14(12)18)22-8-7-20-15(21)16(2)10-17(3,11-16)19-4/h5-6,9,19H,7-8,10-11H2,1-4H3,(H,20,21). The molecule has 1 fully saturated rings. The lowest BCUT2D eigenvalue weighted by Gasteiger charge is -2.51. The molecule has 0 bridgehead atoms. The molecule has 2 rings (SSSR count). The number of benzene rings is 1. The van der Waals surface area contributed by atoms with E-state index in [1.54, 1.807) is 0 Å². The summed E-state index contributed by atoms with van der Waals surface area (Å²) in [5.74, 6) is 0.880. The fourth-order valence-corrected chi connectivity index (χ4v) is 3.38. The van der Waals surface area contributed by atoms with E-state index in [-0.39, 0.29) is 16.9 Å². The molecule has 0 saturated heterocycles. The molecule has 0 radical (unpaired) electrons. The first-order valence-electron chi connectivity index (χ1n) is 7.64. The van der Waals surface area contributed by atoms with E-state index < -0.39 is 0 Å². The van der Waals surface area contributed by atoms with E-state index in [9.17, 15) is 4.79 Å². The maximum atomic E-state index is 12.2. The zero-order chi connectivity index (χ0) is 16.4. The van der Waals surface area contributed by atoms with Crippen molar-refractivity contribution in [1.82, 2.24) is 10.6 Å². The average Bonchev–Trinajstić information content (AvgIpc) is 2.45. The van der Waals surface area contributed by atoms with Gasteiger partial charge >= 0.3 is 0 Å². The summed E-state index contributed by atoms with van der Waals surface area (Å²) in [4.78, 5) is 12.2. The van der Waals surface area contributed by atoms with Gasteiger partial charge in [-0.1, -0.05) is 18.5 Å². The van der Waals surface area contributed by atoms with Crippen LogP contribution in [0.5, 0.6) is 5.75 Å². The summed E-state index contributed by atoms with van der Waals surface area (Å²) in [6.45, 7) is 7.06. The molecule has 22 heavy (non-hydrogen) atoms. The van der Waals surface area contributed by atoms with Crippen LogP contribution in [0.4, 0.5) is 0 Å². The number of nitrogens with one attached hydrogen (secondary N) is 2. The lowest BCUT2D eigenvalue weighted by molar-refractivity contribution is -0.139. The Morgan fingerprint density at radius 2 is 2.05 bits per heavy atom. The van der Waals surface area contributed by atoms with Gasteiger partial charge in [0.2, 0.25) is 5.91 Å². The van der Waals surface area contributed by atoms with Gasteiger partial charge in [0.15, 0.2) is 0 Å². The fraction of sp³-hybridized carbons (Fsp3) is 0.588. The van der Waals surface area contributed by atoms with E-state index in [2.05, 4.69) is 17.6 Å². The summed E-state index contributed by atoms with van der Waals surface area (Å²) >= 11 is 5.97. The SMILES string of the molecule is CNC1(C)CC(C)(C(=O)NCCOc2ccc(Cl)c(C)c2)C1. The van der Waals surface area contributed by atoms with Crippen molar-refractivity contribution in [3.05, 3.63) is 28.8 Å². The molecule has 4 nitrogen and oxygen atoms in total. The highest BCUT2D eigenvalue weighted by Gasteiger charge is 2.52. The fourth-order valence-electron chi connectivity index (χ4n) is 3.26. The summed E-state index contributed by atoms with van der Waals surface area (Å²) in [7, 11) is 1.94. The minimum atomic E-state index is -0.269. The van der Waals surface area contributed by atoms with Gasteiger partial charge < -0.3 is 15.4 Å². The molecule has 1 saturated carbocycles. The van der Waals surface area contributed by atoms with Crippen LogP contribution in [-0.4, -0.2) is 31.6 Å². The minimum absolute atomic E-state index is 0.0867. The molecule has 2 N–H and O–H groups in total. The van der Waals surface area contributed by atoms with E-state index in [0.717, 1.165) is 29.2 Å². The number of aryl methyl sites for hydroxylation is 1. The van der Waals surface area contributed by atoms with E-state index >= 15 is 0 Å². The lowest BCUT2D eigenvalue weighted by atomic mass is 9.58. The third-order valence-electron chi connectivity index (χ3n) is 4.50. The summed E-state index contributed by atoms with van der Waals surface area (Å²) in [6.07, 6.45) is 1.72. The minimum Gasteiger partial charge on any atom is -0.492 e. The quantitative estimate of drug-likeness (QED) is 0.791. The predicted octanol–water partition coefficient (Wildman–Crippen LogP) is 2.92. The second-order valence-electron chi connectivity index (χ2n) is 6.74. The van der Waals surface area contributed by atoms with Crippen molar-refractivity contribution < 1.29 is 9.53 Å². The van der Waals surface area contributed by atoms with Gasteiger partial charge in [-0.25, -0.2) is 0 Å². The van der Waals surface area contributed by atoms with Crippen molar-refractivity contribution in [3.8, 4) is 5.75 Å². The number of halogens is 1. The van der Waals surface area contributed by atoms with Crippen LogP contribution >= 0.6 is 11.6 Å². The van der Waals surface area contributed by atoms with Crippen molar-refractivity contribution in [2.45, 2.75) is 39.2 Å². The number of carbonyl (C=O) groups excluding carboxylic acids is 1. The zero-order valence-corrected chi connectivity index (χ0v) is 14.5. The number of carbonyl (C=O) groups is 1. The Balaban J connectivity index is 1.73. The Morgan fingerprint density at radius 1 is 1.36 bits per heavy atom. The molecule has 1 amide bonds. The van der Waals surface area contributed by atoms with Crippen LogP contribution in [0.25, 0.3) is 0 Å². The summed E-state index contributed by atoms with van der Waals surface area (Å²) in [5, 5.41) is 6.96. The van der Waals surface area contributed by atoms with Crippen LogP contribution in [0, 0.1) is 12.3 Å². The molecule has 0 aliphatic heterocycles. The first-order chi connectivity index (χ1) is 10.3. The molecular formula is C17H25ClN2O2. The van der Waals surface area contributed by atoms with Gasteiger partial charge in [0.1, 0.15) is 12.4 Å². The molecule has 1 aromatic rings. The van der Waals surface area contributed by atoms with Crippen molar-refractivity contribution in [1.29, 1.82) is 0 Å². The molecule has 0 unspecified atom stereocenters. The molecular weight excluding hydrogens is 300 g/mol. The predicted molar refractivity (Wildman–Crippen MR) is 89.5 cm³/mol. The monoisotopic (exact) mass is 324 g/mol. The Bertz CT molecular complexity index is 554. The highest BCUT2D eigenvalue weighted by atomic mass is 35.5. The Hall–Kier alpha value is -1.26. The van der Waals surface area contributed by atoms with Gasteiger partial charge in [-0.15, -0.1) is 0 Å². The van der Waals surface area contributed by atoms with Crippen molar-refractivity contribution in [3.63, 3.8) is 0 Å². The Labute approximate surface area is 137 Å². The van der Waals surface area contributed by atoms with Crippen LogP contribution < -0.4 is 15.4 Å². The van der Waals surface area contributed by atoms with Crippen LogP contribution in [-0.2, 0) is 4.79 Å². The van der Waals surface area contributed by atoms with Gasteiger partial charge in [0.25, 0.3) is 0 Å². The molecule has 122 valence electrons. The maximum absolute atomic E-state index is 12.2. The molecule has 0 aromatic heterocycles. The first kappa shape index (κ1) is 17.1. The molecule has 1 aliphatic rings. The highest BCUT2D eigenvalue weighted by Crippen LogP contribution is 2.47. The van der Waals surface area contributed by atoms with Gasteiger partial charge in [-0.3, -0.25) is 4.79 Å². The van der Waals surface area contributed by atoms with Crippen LogP contribution in [0.15, 0.2) is 18.2 Å². The summed E-state index contributed by atoms with van der Waals surface area (Å²) in [6, 6.07) is 5.55. The van der Waals surface area contributed by atoms with Crippen LogP contribution in [0.1, 0.15) is 32.3 Å². The summed E-state index contributed by atoms with van der Waals surface area (Å²) in [5.41, 5.74) is 0.800. The second-order valence-corrected chi connectivity index (χ2v) is 7.15. The largest absolute Gasteiger partial charge is 0.492 e. The lowest BCUT2D eigenvalue weighted by Crippen LogP contribution is -2.61. The molecule has 0 spiro atoms. The van der Waals surface area contributed by atoms with E-state index in [4.69, 9.17) is 16.3 Å². The van der Waals surface area contributed by atoms with E-state index in [1.165, 1.54) is 0 Å². The highest BCUT2D eigenvalue weighted by molar-refractivity contribution is 6.31. The first-order valence-corrected chi connectivity index (χ1v) is 8.02. The molecule has 0 atom stereocenters. The number of hydrogen-bond acceptors (Lipinski definition) is 3. The van der Waals surface area contributed by atoms with Gasteiger partial charge in [0, 0.05) is 16.0 Å². The topological polar surface area (TPSA) is 50.4 Å².